The first kappa shape index (κ1) is 12.3. The van der Waals surface area contributed by atoms with Gasteiger partial charge < -0.3 is 10.6 Å². The first-order valence-corrected chi connectivity index (χ1v) is 6.17. The molecule has 0 aromatic heterocycles. The van der Waals surface area contributed by atoms with Crippen LogP contribution < -0.4 is 10.6 Å². The van der Waals surface area contributed by atoms with Crippen LogP contribution in [0, 0.1) is 0 Å². The van der Waals surface area contributed by atoms with E-state index in [1.165, 1.54) is 17.7 Å². The number of imide groups is 1. The SMILES string of the molecule is CN(CC(=O)N1CCNC1=O)CC1CCCN1. The molecular weight excluding hydrogens is 220 g/mol. The van der Waals surface area contributed by atoms with Crippen LogP contribution >= 0.6 is 0 Å². The van der Waals surface area contributed by atoms with Crippen molar-refractivity contribution in [2.75, 3.05) is 39.8 Å². The maximum absolute atomic E-state index is 11.8. The van der Waals surface area contributed by atoms with E-state index in [1.54, 1.807) is 0 Å². The Kier molecular flexibility index (Phi) is 3.96. The van der Waals surface area contributed by atoms with Crippen molar-refractivity contribution in [3.8, 4) is 0 Å². The topological polar surface area (TPSA) is 64.7 Å². The molecule has 0 aromatic carbocycles. The monoisotopic (exact) mass is 240 g/mol. The minimum absolute atomic E-state index is 0.111. The molecular formula is C11H20N4O2. The van der Waals surface area contributed by atoms with Crippen LogP contribution in [0.3, 0.4) is 0 Å². The molecule has 2 N–H and O–H groups in total. The van der Waals surface area contributed by atoms with Crippen LogP contribution in [0.4, 0.5) is 4.79 Å². The number of hydrogen-bond donors (Lipinski definition) is 2. The third-order valence-corrected chi connectivity index (χ3v) is 3.26. The molecule has 17 heavy (non-hydrogen) atoms. The van der Waals surface area contributed by atoms with Gasteiger partial charge in [0.2, 0.25) is 5.91 Å². The zero-order valence-corrected chi connectivity index (χ0v) is 10.2. The van der Waals surface area contributed by atoms with Crippen molar-refractivity contribution >= 4 is 11.9 Å². The maximum Gasteiger partial charge on any atom is 0.324 e. The molecule has 0 spiro atoms. The van der Waals surface area contributed by atoms with E-state index < -0.39 is 0 Å². The maximum atomic E-state index is 11.8. The molecule has 1 unspecified atom stereocenters. The number of hydrogen-bond acceptors (Lipinski definition) is 4. The fraction of sp³-hybridized carbons (Fsp3) is 0.818. The van der Waals surface area contributed by atoms with Crippen molar-refractivity contribution < 1.29 is 9.59 Å². The number of nitrogens with one attached hydrogen (secondary N) is 2. The summed E-state index contributed by atoms with van der Waals surface area (Å²) in [6, 6.07) is 0.225. The third-order valence-electron chi connectivity index (χ3n) is 3.26. The van der Waals surface area contributed by atoms with Gasteiger partial charge in [0, 0.05) is 25.7 Å². The predicted molar refractivity (Wildman–Crippen MR) is 63.6 cm³/mol. The van der Waals surface area contributed by atoms with Crippen molar-refractivity contribution in [1.82, 2.24) is 20.4 Å². The van der Waals surface area contributed by atoms with E-state index in [2.05, 4.69) is 10.6 Å². The highest BCUT2D eigenvalue weighted by atomic mass is 16.2. The van der Waals surface area contributed by atoms with Gasteiger partial charge in [0.25, 0.3) is 0 Å². The van der Waals surface area contributed by atoms with Crippen molar-refractivity contribution in [1.29, 1.82) is 0 Å². The van der Waals surface area contributed by atoms with Gasteiger partial charge >= 0.3 is 6.03 Å². The summed E-state index contributed by atoms with van der Waals surface area (Å²) >= 11 is 0. The van der Waals surface area contributed by atoms with Gasteiger partial charge in [-0.15, -0.1) is 0 Å². The quantitative estimate of drug-likeness (QED) is 0.677. The Labute approximate surface area is 101 Å². The molecule has 2 aliphatic rings. The highest BCUT2D eigenvalue weighted by Crippen LogP contribution is 2.06. The molecule has 2 rings (SSSR count). The van der Waals surface area contributed by atoms with Gasteiger partial charge in [0.15, 0.2) is 0 Å². The summed E-state index contributed by atoms with van der Waals surface area (Å²) in [4.78, 5) is 26.4. The van der Waals surface area contributed by atoms with E-state index in [0.29, 0.717) is 25.7 Å². The second-order valence-corrected chi connectivity index (χ2v) is 4.77. The van der Waals surface area contributed by atoms with Crippen LogP contribution in [0.15, 0.2) is 0 Å². The van der Waals surface area contributed by atoms with Gasteiger partial charge in [0.05, 0.1) is 6.54 Å². The van der Waals surface area contributed by atoms with Crippen molar-refractivity contribution in [2.24, 2.45) is 0 Å². The van der Waals surface area contributed by atoms with Gasteiger partial charge in [-0.25, -0.2) is 4.79 Å². The standard InChI is InChI=1S/C11H20N4O2/c1-14(7-9-3-2-4-12-9)8-10(16)15-6-5-13-11(15)17/h9,12H,2-8H2,1H3,(H,13,17). The molecule has 1 atom stereocenters. The zero-order chi connectivity index (χ0) is 12.3. The fourth-order valence-corrected chi connectivity index (χ4v) is 2.38. The Morgan fingerprint density at radius 3 is 2.94 bits per heavy atom. The van der Waals surface area contributed by atoms with Gasteiger partial charge in [0.1, 0.15) is 0 Å². The van der Waals surface area contributed by atoms with Gasteiger partial charge in [-0.1, -0.05) is 0 Å². The number of rotatable bonds is 4. The molecule has 3 amide bonds. The normalized spacial score (nSPS) is 24.5. The number of amides is 3. The van der Waals surface area contributed by atoms with Gasteiger partial charge in [-0.2, -0.15) is 0 Å². The van der Waals surface area contributed by atoms with Crippen LogP contribution in [0.1, 0.15) is 12.8 Å². The van der Waals surface area contributed by atoms with Crippen LogP contribution in [-0.4, -0.2) is 67.6 Å². The lowest BCUT2D eigenvalue weighted by atomic mass is 10.2. The summed E-state index contributed by atoms with van der Waals surface area (Å²) in [7, 11) is 1.92. The Morgan fingerprint density at radius 2 is 2.35 bits per heavy atom. The smallest absolute Gasteiger partial charge is 0.324 e. The van der Waals surface area contributed by atoms with E-state index >= 15 is 0 Å². The summed E-state index contributed by atoms with van der Waals surface area (Å²) < 4.78 is 0. The summed E-state index contributed by atoms with van der Waals surface area (Å²) in [5, 5.41) is 6.03. The van der Waals surface area contributed by atoms with E-state index in [-0.39, 0.29) is 11.9 Å². The van der Waals surface area contributed by atoms with Crippen LogP contribution in [0.5, 0.6) is 0 Å². The summed E-state index contributed by atoms with van der Waals surface area (Å²) in [6.07, 6.45) is 2.38. The minimum Gasteiger partial charge on any atom is -0.336 e. The Balaban J connectivity index is 1.75. The van der Waals surface area contributed by atoms with Gasteiger partial charge in [-0.3, -0.25) is 14.6 Å². The van der Waals surface area contributed by atoms with E-state index in [0.717, 1.165) is 13.1 Å². The number of likely N-dealkylation sites (N-methyl/N-ethyl adjacent to an activating group) is 1. The molecule has 6 nitrogen and oxygen atoms in total. The number of carbonyl (C=O) groups is 2. The molecule has 0 aromatic rings. The molecule has 0 saturated carbocycles. The molecule has 0 radical (unpaired) electrons. The molecule has 6 heteroatoms. The molecule has 0 aliphatic carbocycles. The first-order chi connectivity index (χ1) is 8.16. The Hall–Kier alpha value is -1.14. The molecule has 2 aliphatic heterocycles. The van der Waals surface area contributed by atoms with Crippen LogP contribution in [-0.2, 0) is 4.79 Å². The summed E-state index contributed by atoms with van der Waals surface area (Å²) in [5.74, 6) is -0.111. The largest absolute Gasteiger partial charge is 0.336 e. The average molecular weight is 240 g/mol. The van der Waals surface area contributed by atoms with Crippen LogP contribution in [0.25, 0.3) is 0 Å². The molecule has 96 valence electrons. The lowest BCUT2D eigenvalue weighted by Gasteiger charge is -2.22. The molecule has 0 bridgehead atoms. The first-order valence-electron chi connectivity index (χ1n) is 6.17. The summed E-state index contributed by atoms with van der Waals surface area (Å²) in [5.41, 5.74) is 0. The second-order valence-electron chi connectivity index (χ2n) is 4.77. The average Bonchev–Trinajstić information content (AvgIpc) is 2.88. The highest BCUT2D eigenvalue weighted by molar-refractivity contribution is 5.96. The lowest BCUT2D eigenvalue weighted by molar-refractivity contribution is -0.128. The Bertz CT molecular complexity index is 302. The lowest BCUT2D eigenvalue weighted by Crippen LogP contribution is -2.44. The van der Waals surface area contributed by atoms with E-state index in [1.807, 2.05) is 11.9 Å². The molecule has 2 heterocycles. The van der Waals surface area contributed by atoms with Crippen molar-refractivity contribution in [3.63, 3.8) is 0 Å². The second kappa shape index (κ2) is 5.46. The summed E-state index contributed by atoms with van der Waals surface area (Å²) in [6.45, 7) is 3.30. The van der Waals surface area contributed by atoms with Crippen molar-refractivity contribution in [3.05, 3.63) is 0 Å². The Morgan fingerprint density at radius 1 is 1.53 bits per heavy atom. The zero-order valence-electron chi connectivity index (χ0n) is 10.2. The number of nitrogens with zero attached hydrogens (tertiary/aromatic N) is 2. The molecule has 2 saturated heterocycles. The number of urea groups is 1. The van der Waals surface area contributed by atoms with Crippen molar-refractivity contribution in [2.45, 2.75) is 18.9 Å². The van der Waals surface area contributed by atoms with E-state index in [4.69, 9.17) is 0 Å². The number of carbonyl (C=O) groups excluding carboxylic acids is 2. The third kappa shape index (κ3) is 3.17. The molecule has 2 fully saturated rings. The predicted octanol–water partition coefficient (Wildman–Crippen LogP) is -0.778. The van der Waals surface area contributed by atoms with Gasteiger partial charge in [-0.05, 0) is 26.4 Å². The van der Waals surface area contributed by atoms with Crippen LogP contribution in [0.2, 0.25) is 0 Å². The highest BCUT2D eigenvalue weighted by Gasteiger charge is 2.27. The fourth-order valence-electron chi connectivity index (χ4n) is 2.38. The minimum atomic E-state index is -0.262. The van der Waals surface area contributed by atoms with E-state index in [9.17, 15) is 9.59 Å².